The Morgan fingerprint density at radius 2 is 2.04 bits per heavy atom. The van der Waals surface area contributed by atoms with Gasteiger partial charge in [0.1, 0.15) is 5.75 Å². The molecule has 2 aliphatic rings. The van der Waals surface area contributed by atoms with Gasteiger partial charge in [0.2, 0.25) is 0 Å². The normalized spacial score (nSPS) is 21.8. The van der Waals surface area contributed by atoms with Crippen LogP contribution in [0.25, 0.3) is 10.9 Å². The quantitative estimate of drug-likeness (QED) is 0.929. The second-order valence-corrected chi connectivity index (χ2v) is 7.61. The van der Waals surface area contributed by atoms with Gasteiger partial charge in [0.05, 0.1) is 12.6 Å². The van der Waals surface area contributed by atoms with Crippen molar-refractivity contribution in [3.05, 3.63) is 34.1 Å². The summed E-state index contributed by atoms with van der Waals surface area (Å²) in [6, 6.07) is 6.46. The number of aromatic nitrogens is 1. The predicted molar refractivity (Wildman–Crippen MR) is 102 cm³/mol. The summed E-state index contributed by atoms with van der Waals surface area (Å²) in [5.41, 5.74) is 9.58. The zero-order chi connectivity index (χ0) is 17.7. The lowest BCUT2D eigenvalue weighted by Crippen LogP contribution is -2.30. The number of nitrogens with two attached hydrogens (primary N) is 1. The summed E-state index contributed by atoms with van der Waals surface area (Å²) in [4.78, 5) is 15.1. The van der Waals surface area contributed by atoms with Crippen molar-refractivity contribution in [3.63, 3.8) is 0 Å². The minimum atomic E-state index is 0.0435. The molecule has 1 aromatic carbocycles. The maximum Gasteiger partial charge on any atom is 0.255 e. The molecule has 2 heterocycles. The van der Waals surface area contributed by atoms with Crippen LogP contribution in [-0.4, -0.2) is 30.8 Å². The van der Waals surface area contributed by atoms with E-state index in [1.165, 1.54) is 11.3 Å². The third kappa shape index (κ3) is 2.71. The molecule has 25 heavy (non-hydrogen) atoms. The molecule has 1 aliphatic heterocycles. The molecule has 0 radical (unpaired) electrons. The highest BCUT2D eigenvalue weighted by Crippen LogP contribution is 2.40. The fraction of sp³-hybridized carbons (Fsp3) is 0.550. The van der Waals surface area contributed by atoms with Crippen LogP contribution < -0.4 is 20.9 Å². The summed E-state index contributed by atoms with van der Waals surface area (Å²) in [5, 5.41) is 1.03. The molecule has 1 saturated heterocycles. The second-order valence-electron chi connectivity index (χ2n) is 7.61. The smallest absolute Gasteiger partial charge is 0.255 e. The SMILES string of the molecule is COc1cc(=O)n(C2CC2)c2c(C)c(N3CC[C@@H]([C@H](C)N)C3)ccc12. The number of ether oxygens (including phenoxy) is 1. The van der Waals surface area contributed by atoms with Crippen LogP contribution in [0.15, 0.2) is 23.0 Å². The van der Waals surface area contributed by atoms with Crippen LogP contribution in [0.2, 0.25) is 0 Å². The predicted octanol–water partition coefficient (Wildman–Crippen LogP) is 2.83. The molecule has 0 spiro atoms. The van der Waals surface area contributed by atoms with Crippen molar-refractivity contribution in [2.45, 2.75) is 45.2 Å². The number of aryl methyl sites for hydroxylation is 1. The van der Waals surface area contributed by atoms with Crippen molar-refractivity contribution in [2.24, 2.45) is 11.7 Å². The fourth-order valence-corrected chi connectivity index (χ4v) is 4.21. The van der Waals surface area contributed by atoms with Crippen LogP contribution in [0.3, 0.4) is 0 Å². The number of pyridine rings is 1. The first-order chi connectivity index (χ1) is 12.0. The van der Waals surface area contributed by atoms with Crippen molar-refractivity contribution in [2.75, 3.05) is 25.1 Å². The van der Waals surface area contributed by atoms with Gasteiger partial charge in [-0.1, -0.05) is 0 Å². The molecule has 1 saturated carbocycles. The molecular weight excluding hydrogens is 314 g/mol. The van der Waals surface area contributed by atoms with Gasteiger partial charge in [0.15, 0.2) is 0 Å². The first kappa shape index (κ1) is 16.5. The van der Waals surface area contributed by atoms with Crippen LogP contribution >= 0.6 is 0 Å². The summed E-state index contributed by atoms with van der Waals surface area (Å²) in [7, 11) is 1.63. The lowest BCUT2D eigenvalue weighted by Gasteiger charge is -2.24. The fourth-order valence-electron chi connectivity index (χ4n) is 4.21. The van der Waals surface area contributed by atoms with E-state index in [9.17, 15) is 4.79 Å². The number of benzene rings is 1. The third-order valence-electron chi connectivity index (χ3n) is 5.84. The maximum absolute atomic E-state index is 12.7. The minimum absolute atomic E-state index is 0.0435. The van der Waals surface area contributed by atoms with Crippen molar-refractivity contribution >= 4 is 16.6 Å². The molecule has 5 nitrogen and oxygen atoms in total. The Kier molecular flexibility index (Phi) is 3.99. The monoisotopic (exact) mass is 341 g/mol. The third-order valence-corrected chi connectivity index (χ3v) is 5.84. The van der Waals surface area contributed by atoms with Crippen molar-refractivity contribution < 1.29 is 4.74 Å². The van der Waals surface area contributed by atoms with E-state index in [2.05, 4.69) is 30.9 Å². The van der Waals surface area contributed by atoms with Gasteiger partial charge in [-0.3, -0.25) is 4.79 Å². The molecule has 0 unspecified atom stereocenters. The first-order valence-corrected chi connectivity index (χ1v) is 9.24. The van der Waals surface area contributed by atoms with Gasteiger partial charge in [-0.2, -0.15) is 0 Å². The molecule has 2 fully saturated rings. The highest BCUT2D eigenvalue weighted by molar-refractivity contribution is 5.92. The van der Waals surface area contributed by atoms with Gasteiger partial charge >= 0.3 is 0 Å². The highest BCUT2D eigenvalue weighted by atomic mass is 16.5. The number of nitrogens with zero attached hydrogens (tertiary/aromatic N) is 2. The lowest BCUT2D eigenvalue weighted by molar-refractivity contribution is 0.418. The average molecular weight is 341 g/mol. The van der Waals surface area contributed by atoms with E-state index in [0.717, 1.165) is 43.3 Å². The molecule has 4 rings (SSSR count). The van der Waals surface area contributed by atoms with E-state index in [1.807, 2.05) is 4.57 Å². The molecular formula is C20H27N3O2. The molecule has 134 valence electrons. The van der Waals surface area contributed by atoms with Crippen molar-refractivity contribution in [1.29, 1.82) is 0 Å². The van der Waals surface area contributed by atoms with Gasteiger partial charge < -0.3 is 19.9 Å². The van der Waals surface area contributed by atoms with Gasteiger partial charge in [-0.15, -0.1) is 0 Å². The molecule has 1 aliphatic carbocycles. The summed E-state index contributed by atoms with van der Waals surface area (Å²) in [6.07, 6.45) is 3.30. The van der Waals surface area contributed by atoms with Crippen LogP contribution in [0.1, 0.15) is 37.8 Å². The van der Waals surface area contributed by atoms with Crippen LogP contribution in [0, 0.1) is 12.8 Å². The molecule has 2 atom stereocenters. The van der Waals surface area contributed by atoms with Crippen LogP contribution in [0.4, 0.5) is 5.69 Å². The van der Waals surface area contributed by atoms with Crippen molar-refractivity contribution in [3.8, 4) is 5.75 Å². The standard InChI is InChI=1S/C20H27N3O2/c1-12-17(22-9-8-14(11-22)13(2)21)7-6-16-18(25-3)10-19(24)23(20(12)16)15-4-5-15/h6-7,10,13-15H,4-5,8-9,11,21H2,1-3H3/t13-,14+/m0/s1. The Morgan fingerprint density at radius 1 is 1.28 bits per heavy atom. The van der Waals surface area contributed by atoms with Crippen molar-refractivity contribution in [1.82, 2.24) is 4.57 Å². The van der Waals surface area contributed by atoms with Gasteiger partial charge in [-0.05, 0) is 56.7 Å². The molecule has 0 amide bonds. The molecule has 1 aromatic heterocycles. The van der Waals surface area contributed by atoms with Gasteiger partial charge in [0, 0.05) is 42.3 Å². The zero-order valence-electron chi connectivity index (χ0n) is 15.3. The zero-order valence-corrected chi connectivity index (χ0v) is 15.3. The Morgan fingerprint density at radius 3 is 2.64 bits per heavy atom. The number of methoxy groups -OCH3 is 1. The van der Waals surface area contributed by atoms with E-state index in [4.69, 9.17) is 10.5 Å². The van der Waals surface area contributed by atoms with E-state index in [-0.39, 0.29) is 11.6 Å². The molecule has 2 aromatic rings. The molecule has 2 N–H and O–H groups in total. The Hall–Kier alpha value is -2.01. The van der Waals surface area contributed by atoms with E-state index < -0.39 is 0 Å². The number of rotatable bonds is 4. The Labute approximate surface area is 148 Å². The largest absolute Gasteiger partial charge is 0.496 e. The number of anilines is 1. The Bertz CT molecular complexity index is 867. The van der Waals surface area contributed by atoms with E-state index in [0.29, 0.717) is 17.7 Å². The highest BCUT2D eigenvalue weighted by Gasteiger charge is 2.30. The summed E-state index contributed by atoms with van der Waals surface area (Å²) < 4.78 is 7.47. The number of hydrogen-bond acceptors (Lipinski definition) is 4. The van der Waals surface area contributed by atoms with Gasteiger partial charge in [0.25, 0.3) is 5.56 Å². The van der Waals surface area contributed by atoms with Crippen LogP contribution in [0.5, 0.6) is 5.75 Å². The molecule has 0 bridgehead atoms. The summed E-state index contributed by atoms with van der Waals surface area (Å²) >= 11 is 0. The summed E-state index contributed by atoms with van der Waals surface area (Å²) in [5.74, 6) is 1.20. The Balaban J connectivity index is 1.87. The first-order valence-electron chi connectivity index (χ1n) is 9.24. The average Bonchev–Trinajstić information content (AvgIpc) is 3.30. The van der Waals surface area contributed by atoms with E-state index in [1.54, 1.807) is 13.2 Å². The topological polar surface area (TPSA) is 60.5 Å². The number of fused-ring (bicyclic) bond motifs is 1. The van der Waals surface area contributed by atoms with Gasteiger partial charge in [-0.25, -0.2) is 0 Å². The molecule has 5 heteroatoms. The maximum atomic E-state index is 12.7. The minimum Gasteiger partial charge on any atom is -0.496 e. The second kappa shape index (κ2) is 6.06. The van der Waals surface area contributed by atoms with Crippen LogP contribution in [-0.2, 0) is 0 Å². The summed E-state index contributed by atoms with van der Waals surface area (Å²) in [6.45, 7) is 6.24. The lowest BCUT2D eigenvalue weighted by atomic mass is 10.0. The number of hydrogen-bond donors (Lipinski definition) is 1. The van der Waals surface area contributed by atoms with E-state index >= 15 is 0 Å².